The topological polar surface area (TPSA) is 92.7 Å². The van der Waals surface area contributed by atoms with Gasteiger partial charge in [0, 0.05) is 12.2 Å². The van der Waals surface area contributed by atoms with Crippen molar-refractivity contribution < 1.29 is 31.7 Å². The van der Waals surface area contributed by atoms with E-state index in [4.69, 9.17) is 9.47 Å². The number of rotatable bonds is 21. The van der Waals surface area contributed by atoms with Crippen LogP contribution in [-0.2, 0) is 26.3 Å². The summed E-state index contributed by atoms with van der Waals surface area (Å²) in [5.74, 6) is 0.0164. The smallest absolute Gasteiger partial charge is 0.306 e. The van der Waals surface area contributed by atoms with Gasteiger partial charge in [0.05, 0.1) is 43.4 Å². The van der Waals surface area contributed by atoms with Crippen molar-refractivity contribution >= 4 is 16.1 Å². The average Bonchev–Trinajstić information content (AvgIpc) is 2.91. The number of ether oxygens (including phenoxy) is 2. The molecule has 0 spiro atoms. The van der Waals surface area contributed by atoms with Gasteiger partial charge in [-0.05, 0) is 56.2 Å². The summed E-state index contributed by atoms with van der Waals surface area (Å²) in [5.41, 5.74) is 0.863. The van der Waals surface area contributed by atoms with E-state index < -0.39 is 10.1 Å². The summed E-state index contributed by atoms with van der Waals surface area (Å²) in [6.45, 7) is 15.2. The monoisotopic (exact) mass is 557 g/mol. The fourth-order valence-corrected chi connectivity index (χ4v) is 4.89. The first-order valence-electron chi connectivity index (χ1n) is 14.7. The lowest BCUT2D eigenvalue weighted by atomic mass is 10.1. The maximum absolute atomic E-state index is 11.5. The number of carbonyl (C=O) groups excluding carboxylic acids is 1. The Morgan fingerprint density at radius 3 is 1.63 bits per heavy atom. The zero-order chi connectivity index (χ0) is 28.7. The Bertz CT molecular complexity index is 773. The minimum Gasteiger partial charge on any atom is -0.748 e. The molecule has 0 radical (unpaired) electrons. The second kappa shape index (κ2) is 22.2. The van der Waals surface area contributed by atoms with Crippen molar-refractivity contribution in [3.05, 3.63) is 29.8 Å². The van der Waals surface area contributed by atoms with Gasteiger partial charge in [0.1, 0.15) is 12.4 Å². The quantitative estimate of drug-likeness (QED) is 0.0710. The van der Waals surface area contributed by atoms with Gasteiger partial charge in [0.25, 0.3) is 0 Å². The van der Waals surface area contributed by atoms with E-state index >= 15 is 0 Å². The second-order valence-electron chi connectivity index (χ2n) is 10.2. The van der Waals surface area contributed by atoms with Crippen LogP contribution in [0.5, 0.6) is 5.75 Å². The first-order chi connectivity index (χ1) is 18.1. The summed E-state index contributed by atoms with van der Waals surface area (Å²) in [4.78, 5) is 11.5. The van der Waals surface area contributed by atoms with Crippen molar-refractivity contribution in [3.63, 3.8) is 0 Å². The third-order valence-corrected chi connectivity index (χ3v) is 7.57. The Hall–Kier alpha value is -1.64. The van der Waals surface area contributed by atoms with Crippen LogP contribution in [0, 0.1) is 0 Å². The van der Waals surface area contributed by atoms with Crippen molar-refractivity contribution in [2.45, 2.75) is 111 Å². The number of unbranched alkanes of at least 4 members (excludes halogenated alkanes) is 6. The number of esters is 1. The van der Waals surface area contributed by atoms with Gasteiger partial charge in [-0.15, -0.1) is 0 Å². The van der Waals surface area contributed by atoms with E-state index in [1.807, 2.05) is 12.1 Å². The van der Waals surface area contributed by atoms with Crippen LogP contribution in [0.25, 0.3) is 0 Å². The van der Waals surface area contributed by atoms with Crippen molar-refractivity contribution in [3.8, 4) is 5.75 Å². The van der Waals surface area contributed by atoms with Crippen LogP contribution in [0.4, 0.5) is 0 Å². The van der Waals surface area contributed by atoms with Crippen LogP contribution in [0.2, 0.25) is 0 Å². The van der Waals surface area contributed by atoms with Crippen LogP contribution in [0.15, 0.2) is 24.3 Å². The van der Waals surface area contributed by atoms with Crippen LogP contribution in [0.1, 0.15) is 110 Å². The third-order valence-electron chi connectivity index (χ3n) is 6.78. The molecule has 0 aliphatic heterocycles. The standard InChI is InChI=1S/C16H36N.C14H20O6S/c1-5-9-13-17(14-10-6-2,15-11-7-3)16-12-8-4;1-19-13-8-6-12(7-9-13)11-20-14(15)5-3-2-4-10-21(16,17)18/h5-16H2,1-4H3;6-9H,2-5,10-11H2,1H3,(H,16,17,18)/q+1;/p-1. The van der Waals surface area contributed by atoms with Gasteiger partial charge in [-0.25, -0.2) is 8.42 Å². The fourth-order valence-electron chi connectivity index (χ4n) is 4.33. The molecule has 7 nitrogen and oxygen atoms in total. The summed E-state index contributed by atoms with van der Waals surface area (Å²) in [6, 6.07) is 7.19. The lowest BCUT2D eigenvalue weighted by Crippen LogP contribution is -2.50. The number of quaternary nitrogens is 1. The van der Waals surface area contributed by atoms with Gasteiger partial charge in [0.2, 0.25) is 0 Å². The molecule has 0 aliphatic carbocycles. The Morgan fingerprint density at radius 2 is 1.24 bits per heavy atom. The highest BCUT2D eigenvalue weighted by molar-refractivity contribution is 7.85. The molecule has 0 heterocycles. The van der Waals surface area contributed by atoms with E-state index in [1.165, 1.54) is 82.0 Å². The Morgan fingerprint density at radius 1 is 0.763 bits per heavy atom. The molecule has 0 unspecified atom stereocenters. The predicted molar refractivity (Wildman–Crippen MR) is 155 cm³/mol. The molecule has 0 bridgehead atoms. The molecule has 222 valence electrons. The average molecular weight is 558 g/mol. The number of nitrogens with zero attached hydrogens (tertiary/aromatic N) is 1. The van der Waals surface area contributed by atoms with E-state index in [0.717, 1.165) is 11.3 Å². The van der Waals surface area contributed by atoms with E-state index in [2.05, 4.69) is 27.7 Å². The molecule has 0 saturated heterocycles. The Balaban J connectivity index is 0.000000739. The van der Waals surface area contributed by atoms with Crippen LogP contribution < -0.4 is 4.74 Å². The van der Waals surface area contributed by atoms with Gasteiger partial charge in [-0.1, -0.05) is 71.9 Å². The lowest BCUT2D eigenvalue weighted by molar-refractivity contribution is -0.929. The Labute approximate surface area is 233 Å². The van der Waals surface area contributed by atoms with Crippen LogP contribution in [0.3, 0.4) is 0 Å². The third kappa shape index (κ3) is 19.4. The highest BCUT2D eigenvalue weighted by atomic mass is 32.2. The normalized spacial score (nSPS) is 11.5. The Kier molecular flexibility index (Phi) is 21.2. The SMILES string of the molecule is CCCC[N+](CCCC)(CCCC)CCCC.COc1ccc(COC(=O)CCCCCS(=O)(=O)[O-])cc1. The van der Waals surface area contributed by atoms with Crippen molar-refractivity contribution in [2.75, 3.05) is 39.0 Å². The molecule has 0 aromatic heterocycles. The maximum Gasteiger partial charge on any atom is 0.306 e. The molecule has 0 amide bonds. The molecular formula is C30H55NO6S. The minimum atomic E-state index is -4.15. The van der Waals surface area contributed by atoms with Crippen LogP contribution >= 0.6 is 0 Å². The van der Waals surface area contributed by atoms with Gasteiger partial charge in [0.15, 0.2) is 0 Å². The second-order valence-corrected chi connectivity index (χ2v) is 11.8. The van der Waals surface area contributed by atoms with Gasteiger partial charge >= 0.3 is 5.97 Å². The number of benzene rings is 1. The largest absolute Gasteiger partial charge is 0.748 e. The molecule has 0 fully saturated rings. The summed E-state index contributed by atoms with van der Waals surface area (Å²) in [6.07, 6.45) is 12.6. The van der Waals surface area contributed by atoms with Gasteiger partial charge in [-0.2, -0.15) is 0 Å². The van der Waals surface area contributed by atoms with E-state index in [9.17, 15) is 17.8 Å². The van der Waals surface area contributed by atoms with Crippen molar-refractivity contribution in [1.82, 2.24) is 0 Å². The maximum atomic E-state index is 11.5. The summed E-state index contributed by atoms with van der Waals surface area (Å²) < 4.78 is 42.7. The molecule has 1 aromatic rings. The molecule has 38 heavy (non-hydrogen) atoms. The molecular weight excluding hydrogens is 502 g/mol. The molecule has 1 rings (SSSR count). The zero-order valence-electron chi connectivity index (χ0n) is 24.8. The number of hydrogen-bond acceptors (Lipinski definition) is 6. The molecule has 8 heteroatoms. The molecule has 0 atom stereocenters. The summed E-state index contributed by atoms with van der Waals surface area (Å²) >= 11 is 0. The number of methoxy groups -OCH3 is 1. The lowest BCUT2D eigenvalue weighted by Gasteiger charge is -2.39. The number of carbonyl (C=O) groups is 1. The first-order valence-corrected chi connectivity index (χ1v) is 16.3. The predicted octanol–water partition coefficient (Wildman–Crippen LogP) is 6.85. The van der Waals surface area contributed by atoms with Gasteiger partial charge in [-0.3, -0.25) is 4.79 Å². The number of hydrogen-bond donors (Lipinski definition) is 0. The summed E-state index contributed by atoms with van der Waals surface area (Å²) in [5, 5.41) is 0. The molecule has 1 aromatic carbocycles. The molecule has 0 N–H and O–H groups in total. The molecule has 0 saturated carbocycles. The highest BCUT2D eigenvalue weighted by Gasteiger charge is 2.24. The van der Waals surface area contributed by atoms with Gasteiger partial charge < -0.3 is 18.5 Å². The van der Waals surface area contributed by atoms with E-state index in [-0.39, 0.29) is 31.2 Å². The highest BCUT2D eigenvalue weighted by Crippen LogP contribution is 2.16. The first kappa shape index (κ1) is 36.4. The van der Waals surface area contributed by atoms with Crippen LogP contribution in [-0.4, -0.2) is 62.5 Å². The van der Waals surface area contributed by atoms with E-state index in [0.29, 0.717) is 12.8 Å². The van der Waals surface area contributed by atoms with Crippen molar-refractivity contribution in [1.29, 1.82) is 0 Å². The van der Waals surface area contributed by atoms with E-state index in [1.54, 1.807) is 19.2 Å². The molecule has 0 aliphatic rings. The minimum absolute atomic E-state index is 0.192. The summed E-state index contributed by atoms with van der Waals surface area (Å²) in [7, 11) is -2.58. The van der Waals surface area contributed by atoms with Crippen molar-refractivity contribution in [2.24, 2.45) is 0 Å². The fraction of sp³-hybridized carbons (Fsp3) is 0.767. The zero-order valence-corrected chi connectivity index (χ0v) is 25.7.